The van der Waals surface area contributed by atoms with Crippen molar-refractivity contribution in [1.29, 1.82) is 0 Å². The van der Waals surface area contributed by atoms with Gasteiger partial charge in [0.25, 0.3) is 5.91 Å². The molecule has 0 spiro atoms. The van der Waals surface area contributed by atoms with Crippen molar-refractivity contribution in [3.63, 3.8) is 0 Å². The molecule has 0 bridgehead atoms. The van der Waals surface area contributed by atoms with E-state index in [1.807, 2.05) is 64.7 Å². The molecule has 40 heavy (non-hydrogen) atoms. The minimum Gasteiger partial charge on any atom is -0.467 e. The van der Waals surface area contributed by atoms with E-state index in [4.69, 9.17) is 9.47 Å². The van der Waals surface area contributed by atoms with Crippen molar-refractivity contribution >= 4 is 58.0 Å². The molecule has 4 aliphatic rings. The van der Waals surface area contributed by atoms with Gasteiger partial charge in [-0.2, -0.15) is 0 Å². The van der Waals surface area contributed by atoms with Crippen LogP contribution in [0.5, 0.6) is 0 Å². The molecule has 3 N–H and O–H groups in total. The molecule has 1 aromatic carbocycles. The summed E-state index contributed by atoms with van der Waals surface area (Å²) in [6.45, 7) is 5.59. The Kier molecular flexibility index (Phi) is 5.06. The highest BCUT2D eigenvalue weighted by atomic mass is 16.6. The van der Waals surface area contributed by atoms with Crippen LogP contribution in [0.4, 0.5) is 0 Å². The Morgan fingerprint density at radius 2 is 1.57 bits per heavy atom. The lowest BCUT2D eigenvalue weighted by Gasteiger charge is -2.42. The average Bonchev–Trinajstić information content (AvgIpc) is 3.36. The number of amides is 1. The number of esters is 1. The summed E-state index contributed by atoms with van der Waals surface area (Å²) in [4.78, 5) is 27.1. The lowest BCUT2D eigenvalue weighted by Crippen LogP contribution is -2.62. The standard InChI is InChI=1S/C31H31N3O6/c1-15-6-10-17-19(12-8-15)33-14-31(38,29(37)39-4)30(3,40-5)34-20-13-9-16(2)7-11-18(20)22-24-23(27(35)32-28(24)36)21(17)25(33)26(22)34/h6-13,15-16,28,36,38H,14H2,1-5H3,(H,32,35). The zero-order valence-electron chi connectivity index (χ0n) is 23.0. The first kappa shape index (κ1) is 25.1. The third-order valence-corrected chi connectivity index (χ3v) is 9.12. The van der Waals surface area contributed by atoms with Gasteiger partial charge in [-0.1, -0.05) is 50.3 Å². The summed E-state index contributed by atoms with van der Waals surface area (Å²) in [7, 11) is 2.71. The summed E-state index contributed by atoms with van der Waals surface area (Å²) in [6.07, 6.45) is 14.8. The molecule has 0 radical (unpaired) electrons. The molecule has 9 heteroatoms. The highest BCUT2D eigenvalue weighted by Gasteiger charge is 2.60. The van der Waals surface area contributed by atoms with Crippen LogP contribution in [0.2, 0.25) is 0 Å². The maximum Gasteiger partial charge on any atom is 0.344 e. The first-order valence-corrected chi connectivity index (χ1v) is 13.5. The predicted octanol–water partition coefficient (Wildman–Crippen LogP) is 3.92. The quantitative estimate of drug-likeness (QED) is 0.424. The van der Waals surface area contributed by atoms with Crippen molar-refractivity contribution in [2.24, 2.45) is 11.8 Å². The number of allylic oxidation sites excluding steroid dienone is 4. The normalized spacial score (nSPS) is 29.8. The predicted molar refractivity (Wildman–Crippen MR) is 152 cm³/mol. The number of carbonyl (C=O) groups is 2. The first-order valence-electron chi connectivity index (χ1n) is 13.5. The van der Waals surface area contributed by atoms with E-state index in [0.717, 1.165) is 16.8 Å². The number of aliphatic hydroxyl groups is 2. The van der Waals surface area contributed by atoms with Gasteiger partial charge in [0.15, 0.2) is 12.0 Å². The molecule has 206 valence electrons. The van der Waals surface area contributed by atoms with Crippen LogP contribution in [0.1, 0.15) is 65.4 Å². The van der Waals surface area contributed by atoms with E-state index in [-0.39, 0.29) is 24.3 Å². The van der Waals surface area contributed by atoms with Gasteiger partial charge in [-0.3, -0.25) is 4.79 Å². The first-order chi connectivity index (χ1) is 19.1. The molecule has 9 nitrogen and oxygen atoms in total. The topological polar surface area (TPSA) is 115 Å². The molecule has 0 fully saturated rings. The van der Waals surface area contributed by atoms with E-state index in [0.29, 0.717) is 38.6 Å². The van der Waals surface area contributed by atoms with E-state index in [9.17, 15) is 19.8 Å². The van der Waals surface area contributed by atoms with Gasteiger partial charge in [-0.25, -0.2) is 4.79 Å². The number of nitrogens with one attached hydrogen (secondary N) is 1. The maximum atomic E-state index is 13.6. The Hall–Kier alpha value is -3.92. The summed E-state index contributed by atoms with van der Waals surface area (Å²) in [5.41, 5.74) is 1.38. The summed E-state index contributed by atoms with van der Waals surface area (Å²) >= 11 is 0. The lowest BCUT2D eigenvalue weighted by atomic mass is 9.90. The molecular formula is C31H31N3O6. The Balaban J connectivity index is 1.82. The smallest absolute Gasteiger partial charge is 0.344 e. The minimum atomic E-state index is -2.18. The molecule has 2 aliphatic carbocycles. The van der Waals surface area contributed by atoms with E-state index >= 15 is 0 Å². The van der Waals surface area contributed by atoms with Crippen LogP contribution in [-0.2, 0) is 26.5 Å². The number of fused-ring (bicyclic) bond motifs is 9. The zero-order valence-corrected chi connectivity index (χ0v) is 23.0. The number of aliphatic hydroxyl groups excluding tert-OH is 1. The number of methoxy groups -OCH3 is 2. The molecule has 1 amide bonds. The SMILES string of the molecule is COC(=O)C1(O)Cn2c3c(c4c5c(c6c7c(n(c6c42)C1(C)OC)C=CC(C)C=C7)C(O)NC5=O)C=CC(C)C=C3. The second-order valence-corrected chi connectivity index (χ2v) is 11.3. The van der Waals surface area contributed by atoms with Crippen LogP contribution in [0.25, 0.3) is 46.1 Å². The third-order valence-electron chi connectivity index (χ3n) is 9.12. The zero-order chi connectivity index (χ0) is 28.3. The maximum absolute atomic E-state index is 13.6. The molecule has 3 aromatic rings. The third kappa shape index (κ3) is 2.82. The molecule has 0 saturated heterocycles. The molecule has 0 saturated carbocycles. The Morgan fingerprint density at radius 1 is 0.975 bits per heavy atom. The fraction of sp³-hybridized carbons (Fsp3) is 0.355. The van der Waals surface area contributed by atoms with Crippen molar-refractivity contribution in [3.8, 4) is 0 Å². The van der Waals surface area contributed by atoms with E-state index in [1.165, 1.54) is 14.2 Å². The molecular weight excluding hydrogens is 510 g/mol. The number of benzene rings is 1. The van der Waals surface area contributed by atoms with Crippen molar-refractivity contribution in [2.45, 2.75) is 44.9 Å². The number of ether oxygens (including phenoxy) is 2. The number of rotatable bonds is 2. The fourth-order valence-electron chi connectivity index (χ4n) is 6.94. The van der Waals surface area contributed by atoms with Crippen molar-refractivity contribution in [2.75, 3.05) is 14.2 Å². The summed E-state index contributed by atoms with van der Waals surface area (Å²) in [6, 6.07) is 0. The number of carbonyl (C=O) groups excluding carboxylic acids is 2. The largest absolute Gasteiger partial charge is 0.467 e. The van der Waals surface area contributed by atoms with Gasteiger partial charge in [0.05, 0.1) is 35.9 Å². The van der Waals surface area contributed by atoms with Crippen molar-refractivity contribution in [1.82, 2.24) is 14.5 Å². The van der Waals surface area contributed by atoms with Gasteiger partial charge in [0, 0.05) is 40.3 Å². The Bertz CT molecular complexity index is 1800. The number of aromatic nitrogens is 2. The summed E-state index contributed by atoms with van der Waals surface area (Å²) in [5, 5.41) is 27.8. The van der Waals surface area contributed by atoms with Gasteiger partial charge >= 0.3 is 5.97 Å². The molecule has 2 aliphatic heterocycles. The van der Waals surface area contributed by atoms with Crippen LogP contribution in [0.3, 0.4) is 0 Å². The molecule has 2 aromatic heterocycles. The van der Waals surface area contributed by atoms with Crippen molar-refractivity contribution in [3.05, 3.63) is 57.9 Å². The van der Waals surface area contributed by atoms with Crippen molar-refractivity contribution < 1.29 is 29.3 Å². The minimum absolute atomic E-state index is 0.105. The van der Waals surface area contributed by atoms with E-state index in [1.54, 1.807) is 6.92 Å². The number of hydrogen-bond acceptors (Lipinski definition) is 6. The highest BCUT2D eigenvalue weighted by molar-refractivity contribution is 6.24. The molecule has 7 rings (SSSR count). The van der Waals surface area contributed by atoms with Crippen LogP contribution in [-0.4, -0.2) is 51.0 Å². The average molecular weight is 542 g/mol. The monoisotopic (exact) mass is 541 g/mol. The second kappa shape index (κ2) is 8.06. The van der Waals surface area contributed by atoms with Gasteiger partial charge in [0.1, 0.15) is 0 Å². The van der Waals surface area contributed by atoms with Crippen LogP contribution < -0.4 is 5.32 Å². The van der Waals surface area contributed by atoms with Crippen LogP contribution >= 0.6 is 0 Å². The fourth-order valence-corrected chi connectivity index (χ4v) is 6.94. The van der Waals surface area contributed by atoms with Crippen LogP contribution in [0, 0.1) is 11.8 Å². The lowest BCUT2D eigenvalue weighted by molar-refractivity contribution is -0.227. The van der Waals surface area contributed by atoms with Gasteiger partial charge < -0.3 is 34.1 Å². The molecule has 5 unspecified atom stereocenters. The van der Waals surface area contributed by atoms with Gasteiger partial charge in [-0.05, 0) is 30.9 Å². The number of nitrogens with zero attached hydrogens (tertiary/aromatic N) is 2. The molecule has 5 atom stereocenters. The van der Waals surface area contributed by atoms with Crippen LogP contribution in [0.15, 0.2) is 24.3 Å². The Labute approximate surface area is 230 Å². The highest BCUT2D eigenvalue weighted by Crippen LogP contribution is 2.52. The summed E-state index contributed by atoms with van der Waals surface area (Å²) in [5.74, 6) is -0.987. The Morgan fingerprint density at radius 3 is 2.20 bits per heavy atom. The second-order valence-electron chi connectivity index (χ2n) is 11.3. The van der Waals surface area contributed by atoms with E-state index < -0.39 is 23.5 Å². The number of hydrogen-bond donors (Lipinski definition) is 3. The van der Waals surface area contributed by atoms with E-state index in [2.05, 4.69) is 12.2 Å². The van der Waals surface area contributed by atoms with Gasteiger partial charge in [-0.15, -0.1) is 0 Å². The van der Waals surface area contributed by atoms with Gasteiger partial charge in [0.2, 0.25) is 5.60 Å². The summed E-state index contributed by atoms with van der Waals surface area (Å²) < 4.78 is 15.1. The molecule has 4 heterocycles.